The molecule has 1 aromatic rings. The van der Waals surface area contributed by atoms with E-state index in [1.54, 1.807) is 0 Å². The van der Waals surface area contributed by atoms with Crippen molar-refractivity contribution in [3.8, 4) is 0 Å². The van der Waals surface area contributed by atoms with Crippen LogP contribution in [0.25, 0.3) is 0 Å². The molecule has 0 spiro atoms. The topological polar surface area (TPSA) is 78.4 Å². The minimum Gasteiger partial charge on any atom is -0.481 e. The van der Waals surface area contributed by atoms with Gasteiger partial charge in [-0.1, -0.05) is 6.07 Å². The van der Waals surface area contributed by atoms with Crippen LogP contribution >= 0.6 is 11.3 Å². The zero-order chi connectivity index (χ0) is 14.6. The first-order valence-electron chi connectivity index (χ1n) is 6.78. The van der Waals surface area contributed by atoms with Crippen LogP contribution < -0.4 is 10.6 Å². The molecule has 1 saturated heterocycles. The van der Waals surface area contributed by atoms with E-state index < -0.39 is 17.4 Å². The summed E-state index contributed by atoms with van der Waals surface area (Å²) in [5.74, 6) is -0.972. The van der Waals surface area contributed by atoms with Crippen LogP contribution in [-0.4, -0.2) is 30.1 Å². The Morgan fingerprint density at radius 1 is 1.60 bits per heavy atom. The molecule has 1 aromatic heterocycles. The summed E-state index contributed by atoms with van der Waals surface area (Å²) >= 11 is 1.47. The first-order valence-corrected chi connectivity index (χ1v) is 7.66. The average Bonchev–Trinajstić information content (AvgIpc) is 2.92. The van der Waals surface area contributed by atoms with Crippen molar-refractivity contribution >= 4 is 23.2 Å². The number of carboxylic acid groups (broad SMARTS) is 1. The molecule has 6 heteroatoms. The van der Waals surface area contributed by atoms with E-state index in [2.05, 4.69) is 10.6 Å². The molecule has 0 bridgehead atoms. The van der Waals surface area contributed by atoms with Gasteiger partial charge in [0.1, 0.15) is 0 Å². The molecule has 2 heterocycles. The SMILES string of the molecule is CC1(C(=O)NC(CC(=O)O)c2cccs2)CCCNC1. The standard InChI is InChI=1S/C14H20N2O3S/c1-14(5-3-6-15-9-14)13(19)16-10(8-12(17)18)11-4-2-7-20-11/h2,4,7,10,15H,3,5-6,8-9H2,1H3,(H,16,19)(H,17,18). The maximum atomic E-state index is 12.5. The van der Waals surface area contributed by atoms with E-state index in [9.17, 15) is 9.59 Å². The highest BCUT2D eigenvalue weighted by Gasteiger charge is 2.36. The lowest BCUT2D eigenvalue weighted by molar-refractivity contribution is -0.138. The quantitative estimate of drug-likeness (QED) is 0.774. The van der Waals surface area contributed by atoms with Gasteiger partial charge in [0.05, 0.1) is 17.9 Å². The molecule has 0 aromatic carbocycles. The number of piperidine rings is 1. The fourth-order valence-corrected chi connectivity index (χ4v) is 3.25. The van der Waals surface area contributed by atoms with Crippen molar-refractivity contribution in [3.05, 3.63) is 22.4 Å². The highest BCUT2D eigenvalue weighted by Crippen LogP contribution is 2.28. The molecule has 2 rings (SSSR count). The van der Waals surface area contributed by atoms with Crippen LogP contribution in [0, 0.1) is 5.41 Å². The van der Waals surface area contributed by atoms with Gasteiger partial charge in [0.25, 0.3) is 0 Å². The number of nitrogens with one attached hydrogen (secondary N) is 2. The lowest BCUT2D eigenvalue weighted by Crippen LogP contribution is -2.49. The third-order valence-corrected chi connectivity index (χ3v) is 4.70. The third-order valence-electron chi connectivity index (χ3n) is 3.72. The van der Waals surface area contributed by atoms with Gasteiger partial charge >= 0.3 is 5.97 Å². The van der Waals surface area contributed by atoms with Crippen molar-refractivity contribution in [1.29, 1.82) is 0 Å². The maximum absolute atomic E-state index is 12.5. The molecule has 2 unspecified atom stereocenters. The number of amides is 1. The Bertz CT molecular complexity index is 467. The van der Waals surface area contributed by atoms with E-state index >= 15 is 0 Å². The number of aliphatic carboxylic acids is 1. The second kappa shape index (κ2) is 6.37. The van der Waals surface area contributed by atoms with Crippen molar-refractivity contribution in [1.82, 2.24) is 10.6 Å². The summed E-state index contributed by atoms with van der Waals surface area (Å²) in [5.41, 5.74) is -0.452. The summed E-state index contributed by atoms with van der Waals surface area (Å²) in [6.07, 6.45) is 1.71. The zero-order valence-electron chi connectivity index (χ0n) is 11.5. The van der Waals surface area contributed by atoms with Crippen molar-refractivity contribution < 1.29 is 14.7 Å². The van der Waals surface area contributed by atoms with Gasteiger partial charge in [-0.25, -0.2) is 0 Å². The fraction of sp³-hybridized carbons (Fsp3) is 0.571. The molecule has 20 heavy (non-hydrogen) atoms. The summed E-state index contributed by atoms with van der Waals surface area (Å²) < 4.78 is 0. The summed E-state index contributed by atoms with van der Waals surface area (Å²) in [6.45, 7) is 3.51. The van der Waals surface area contributed by atoms with Gasteiger partial charge in [-0.3, -0.25) is 9.59 Å². The molecular weight excluding hydrogens is 276 g/mol. The predicted octanol–water partition coefficient (Wildman–Crippen LogP) is 1.77. The van der Waals surface area contributed by atoms with Crippen LogP contribution in [0.3, 0.4) is 0 Å². The number of hydrogen-bond donors (Lipinski definition) is 3. The smallest absolute Gasteiger partial charge is 0.305 e. The Labute approximate surface area is 122 Å². The van der Waals surface area contributed by atoms with E-state index in [4.69, 9.17) is 5.11 Å². The number of carbonyl (C=O) groups is 2. The van der Waals surface area contributed by atoms with E-state index in [1.165, 1.54) is 11.3 Å². The summed E-state index contributed by atoms with van der Waals surface area (Å²) in [5, 5.41) is 17.0. The first-order chi connectivity index (χ1) is 9.51. The number of carbonyl (C=O) groups excluding carboxylic acids is 1. The third kappa shape index (κ3) is 3.58. The number of carboxylic acids is 1. The minimum atomic E-state index is -0.907. The normalized spacial score (nSPS) is 24.1. The summed E-state index contributed by atoms with van der Waals surface area (Å²) in [6, 6.07) is 3.28. The van der Waals surface area contributed by atoms with Crippen LogP contribution in [0.1, 0.15) is 37.1 Å². The molecule has 1 aliphatic rings. The molecule has 1 fully saturated rings. The number of rotatable bonds is 5. The molecular formula is C14H20N2O3S. The first kappa shape index (κ1) is 15.0. The molecule has 3 N–H and O–H groups in total. The van der Waals surface area contributed by atoms with E-state index in [-0.39, 0.29) is 12.3 Å². The van der Waals surface area contributed by atoms with Gasteiger partial charge < -0.3 is 15.7 Å². The number of hydrogen-bond acceptors (Lipinski definition) is 4. The van der Waals surface area contributed by atoms with Crippen LogP contribution in [0.15, 0.2) is 17.5 Å². The monoisotopic (exact) mass is 296 g/mol. The van der Waals surface area contributed by atoms with Gasteiger partial charge in [0.2, 0.25) is 5.91 Å². The van der Waals surface area contributed by atoms with E-state index in [0.717, 1.165) is 24.3 Å². The van der Waals surface area contributed by atoms with Crippen molar-refractivity contribution in [3.63, 3.8) is 0 Å². The number of thiophene rings is 1. The Balaban J connectivity index is 2.07. The molecule has 0 saturated carbocycles. The largest absolute Gasteiger partial charge is 0.481 e. The molecule has 110 valence electrons. The molecule has 1 amide bonds. The molecule has 0 aliphatic carbocycles. The fourth-order valence-electron chi connectivity index (χ4n) is 2.47. The van der Waals surface area contributed by atoms with Gasteiger partial charge in [-0.15, -0.1) is 11.3 Å². The predicted molar refractivity (Wildman–Crippen MR) is 77.7 cm³/mol. The van der Waals surface area contributed by atoms with Gasteiger partial charge in [0.15, 0.2) is 0 Å². The highest BCUT2D eigenvalue weighted by molar-refractivity contribution is 7.10. The lowest BCUT2D eigenvalue weighted by atomic mass is 9.81. The zero-order valence-corrected chi connectivity index (χ0v) is 12.3. The highest BCUT2D eigenvalue weighted by atomic mass is 32.1. The molecule has 5 nitrogen and oxygen atoms in total. The summed E-state index contributed by atoms with van der Waals surface area (Å²) in [4.78, 5) is 24.3. The van der Waals surface area contributed by atoms with Gasteiger partial charge in [-0.2, -0.15) is 0 Å². The molecule has 1 aliphatic heterocycles. The van der Waals surface area contributed by atoms with E-state index in [1.807, 2.05) is 24.4 Å². The van der Waals surface area contributed by atoms with Crippen LogP contribution in [0.5, 0.6) is 0 Å². The Hall–Kier alpha value is -1.40. The molecule has 0 radical (unpaired) electrons. The van der Waals surface area contributed by atoms with Crippen molar-refractivity contribution in [2.45, 2.75) is 32.2 Å². The second-order valence-electron chi connectivity index (χ2n) is 5.48. The van der Waals surface area contributed by atoms with Gasteiger partial charge in [-0.05, 0) is 37.8 Å². The Morgan fingerprint density at radius 3 is 2.95 bits per heavy atom. The minimum absolute atomic E-state index is 0.0654. The Morgan fingerprint density at radius 2 is 2.40 bits per heavy atom. The van der Waals surface area contributed by atoms with Crippen LogP contribution in [-0.2, 0) is 9.59 Å². The van der Waals surface area contributed by atoms with Gasteiger partial charge in [0, 0.05) is 11.4 Å². The average molecular weight is 296 g/mol. The van der Waals surface area contributed by atoms with Crippen molar-refractivity contribution in [2.24, 2.45) is 5.41 Å². The molecule has 2 atom stereocenters. The van der Waals surface area contributed by atoms with Crippen molar-refractivity contribution in [2.75, 3.05) is 13.1 Å². The van der Waals surface area contributed by atoms with E-state index in [0.29, 0.717) is 6.54 Å². The second-order valence-corrected chi connectivity index (χ2v) is 6.46. The maximum Gasteiger partial charge on any atom is 0.305 e. The van der Waals surface area contributed by atoms with Crippen LogP contribution in [0.2, 0.25) is 0 Å². The summed E-state index contributed by atoms with van der Waals surface area (Å²) in [7, 11) is 0. The Kier molecular flexibility index (Phi) is 4.77. The van der Waals surface area contributed by atoms with Crippen LogP contribution in [0.4, 0.5) is 0 Å². The lowest BCUT2D eigenvalue weighted by Gasteiger charge is -2.34.